The van der Waals surface area contributed by atoms with Gasteiger partial charge in [-0.1, -0.05) is 12.2 Å². The van der Waals surface area contributed by atoms with Gasteiger partial charge in [0.05, 0.1) is 125 Å². The fourth-order valence-corrected chi connectivity index (χ4v) is 10.8. The minimum absolute atomic E-state index is 0.0551. The van der Waals surface area contributed by atoms with E-state index in [1.54, 1.807) is 71.1 Å². The molecule has 2 aliphatic heterocycles. The van der Waals surface area contributed by atoms with E-state index in [0.717, 1.165) is 59.1 Å². The Kier molecular flexibility index (Phi) is 20.4. The van der Waals surface area contributed by atoms with E-state index in [-0.39, 0.29) is 36.9 Å². The van der Waals surface area contributed by atoms with Crippen LogP contribution in [0.15, 0.2) is 60.7 Å². The number of nitrogens with zero attached hydrogens (tertiary/aromatic N) is 2. The van der Waals surface area contributed by atoms with Crippen LogP contribution in [0.3, 0.4) is 0 Å². The van der Waals surface area contributed by atoms with E-state index in [9.17, 15) is 9.59 Å². The summed E-state index contributed by atoms with van der Waals surface area (Å²) in [6.07, 6.45) is 9.94. The number of carbonyl (C=O) groups excluding carboxylic acids is 2. The average Bonchev–Trinajstić information content (AvgIpc) is 3.42. The maximum absolute atomic E-state index is 12.9. The minimum atomic E-state index is -0.246. The number of rotatable bonds is 28. The molecule has 4 atom stereocenters. The average molecular weight is 1030 g/mol. The largest absolute Gasteiger partial charge is 0.493 e. The predicted molar refractivity (Wildman–Crippen MR) is 282 cm³/mol. The first-order chi connectivity index (χ1) is 35.7. The van der Waals surface area contributed by atoms with Gasteiger partial charge in [-0.15, -0.1) is 0 Å². The number of esters is 2. The normalized spacial score (nSPS) is 18.9. The fraction of sp³-hybridized carbons (Fsp3) is 0.517. The Bertz CT molecular complexity index is 2340. The number of benzene rings is 4. The lowest BCUT2D eigenvalue weighted by Gasteiger charge is -2.46. The standard InChI is InChI=1S/C58H80N2O14/c1-59(25-21-41-35-47(63-3)49(65-5)37-43(41)45(59)29-39-31-51(67-7)57(71-11)52(32-39)68-8)23-17-27-73-55(61)19-15-13-14-16-20-56(62)74-28-18-24-60(2)26-22-42-36-48(64-4)50(66-6)38-44(42)46(60)30-40-33-53(69-9)58(72-12)54(34-40)70-10/h13-14,31-38,45-46H,15-30H2,1-12H3/q+2/t45?,46?,59-,60-/m0/s1. The van der Waals surface area contributed by atoms with Crippen molar-refractivity contribution < 1.29 is 75.4 Å². The second kappa shape index (κ2) is 26.6. The van der Waals surface area contributed by atoms with E-state index >= 15 is 0 Å². The maximum atomic E-state index is 12.9. The summed E-state index contributed by atoms with van der Waals surface area (Å²) < 4.78 is 69.8. The van der Waals surface area contributed by atoms with Crippen molar-refractivity contribution in [1.29, 1.82) is 0 Å². The zero-order valence-electron chi connectivity index (χ0n) is 45.9. The summed E-state index contributed by atoms with van der Waals surface area (Å²) in [5.41, 5.74) is 6.93. The zero-order chi connectivity index (χ0) is 53.4. The summed E-state index contributed by atoms with van der Waals surface area (Å²) in [5.74, 6) is 5.81. The second-order valence-electron chi connectivity index (χ2n) is 19.4. The molecule has 0 spiro atoms. The first kappa shape index (κ1) is 56.8. The number of allylic oxidation sites excluding steroid dienone is 2. The van der Waals surface area contributed by atoms with E-state index in [4.69, 9.17) is 56.8 Å². The highest BCUT2D eigenvalue weighted by Crippen LogP contribution is 2.47. The van der Waals surface area contributed by atoms with Crippen LogP contribution in [0.4, 0.5) is 0 Å². The Labute approximate surface area is 438 Å². The molecule has 0 aliphatic carbocycles. The molecule has 2 heterocycles. The van der Waals surface area contributed by atoms with Crippen LogP contribution < -0.4 is 47.4 Å². The Hall–Kier alpha value is -6.52. The fourth-order valence-electron chi connectivity index (χ4n) is 10.8. The van der Waals surface area contributed by atoms with Crippen LogP contribution in [-0.2, 0) is 44.7 Å². The topological polar surface area (TPSA) is 145 Å². The molecule has 0 amide bonds. The van der Waals surface area contributed by atoms with E-state index in [0.29, 0.717) is 109 Å². The lowest BCUT2D eigenvalue weighted by Crippen LogP contribution is -2.52. The number of likely N-dealkylation sites (N-methyl/N-ethyl adjacent to an activating group) is 2. The number of fused-ring (bicyclic) bond motifs is 2. The summed E-state index contributed by atoms with van der Waals surface area (Å²) in [4.78, 5) is 25.7. The van der Waals surface area contributed by atoms with E-state index in [1.807, 2.05) is 36.4 Å². The molecule has 0 saturated heterocycles. The Morgan fingerprint density at radius 3 is 1.09 bits per heavy atom. The molecule has 0 fully saturated rings. The van der Waals surface area contributed by atoms with Gasteiger partial charge in [-0.3, -0.25) is 9.59 Å². The molecule has 404 valence electrons. The monoisotopic (exact) mass is 1030 g/mol. The Balaban J connectivity index is 0.967. The van der Waals surface area contributed by atoms with Crippen LogP contribution in [-0.4, -0.2) is 145 Å². The number of quaternary nitrogens is 2. The van der Waals surface area contributed by atoms with Crippen molar-refractivity contribution in [2.45, 2.75) is 76.3 Å². The molecule has 0 N–H and O–H groups in total. The summed E-state index contributed by atoms with van der Waals surface area (Å²) in [5, 5.41) is 0. The van der Waals surface area contributed by atoms with E-state index in [2.05, 4.69) is 38.4 Å². The molecular weight excluding hydrogens is 949 g/mol. The first-order valence-electron chi connectivity index (χ1n) is 25.5. The molecule has 16 heteroatoms. The highest BCUT2D eigenvalue weighted by molar-refractivity contribution is 5.70. The molecule has 4 aromatic rings. The third-order valence-electron chi connectivity index (χ3n) is 15.0. The molecule has 4 aromatic carbocycles. The van der Waals surface area contributed by atoms with Crippen LogP contribution in [0.2, 0.25) is 0 Å². The SMILES string of the molecule is COc1cc2c(cc1OC)C(Cc1cc(OC)c(OC)c(OC)c1)[N@@+](C)(CCCOC(=O)CCC=CCCC(=O)OCCC[N@@+]1(C)CCc3cc(OC)c(OC)cc3C1Cc1cc(OC)c(OC)c(OC)c1)CC2. The van der Waals surface area contributed by atoms with Crippen molar-refractivity contribution >= 4 is 11.9 Å². The molecule has 0 saturated carbocycles. The van der Waals surface area contributed by atoms with Crippen molar-refractivity contribution in [3.63, 3.8) is 0 Å². The highest BCUT2D eigenvalue weighted by Gasteiger charge is 2.42. The first-order valence-corrected chi connectivity index (χ1v) is 25.5. The number of hydrogen-bond donors (Lipinski definition) is 0. The maximum Gasteiger partial charge on any atom is 0.306 e. The van der Waals surface area contributed by atoms with Gasteiger partial charge in [0, 0.05) is 62.5 Å². The molecule has 0 aromatic heterocycles. The molecule has 0 bridgehead atoms. The summed E-state index contributed by atoms with van der Waals surface area (Å²) in [6.45, 7) is 4.02. The summed E-state index contributed by atoms with van der Waals surface area (Å²) >= 11 is 0. The van der Waals surface area contributed by atoms with E-state index in [1.165, 1.54) is 22.3 Å². The number of carbonyl (C=O) groups is 2. The van der Waals surface area contributed by atoms with Crippen LogP contribution in [0.1, 0.15) is 84.0 Å². The van der Waals surface area contributed by atoms with Gasteiger partial charge in [0.15, 0.2) is 46.0 Å². The summed E-state index contributed by atoms with van der Waals surface area (Å²) in [6, 6.07) is 16.5. The smallest absolute Gasteiger partial charge is 0.306 e. The van der Waals surface area contributed by atoms with Crippen molar-refractivity contribution in [1.82, 2.24) is 0 Å². The predicted octanol–water partition coefficient (Wildman–Crippen LogP) is 9.03. The van der Waals surface area contributed by atoms with Gasteiger partial charge in [0.25, 0.3) is 0 Å². The number of methoxy groups -OCH3 is 10. The Morgan fingerprint density at radius 1 is 0.459 bits per heavy atom. The third-order valence-corrected chi connectivity index (χ3v) is 15.0. The van der Waals surface area contributed by atoms with Gasteiger partial charge < -0.3 is 65.8 Å². The van der Waals surface area contributed by atoms with Gasteiger partial charge in [-0.25, -0.2) is 0 Å². The number of hydrogen-bond acceptors (Lipinski definition) is 14. The van der Waals surface area contributed by atoms with Crippen LogP contribution in [0, 0.1) is 0 Å². The molecule has 74 heavy (non-hydrogen) atoms. The zero-order valence-corrected chi connectivity index (χ0v) is 45.9. The van der Waals surface area contributed by atoms with Crippen LogP contribution in [0.25, 0.3) is 0 Å². The molecular formula is C58H80N2O14+2. The third kappa shape index (κ3) is 13.4. The van der Waals surface area contributed by atoms with Crippen molar-refractivity contribution in [3.8, 4) is 57.5 Å². The van der Waals surface area contributed by atoms with Gasteiger partial charge >= 0.3 is 11.9 Å². The molecule has 16 nitrogen and oxygen atoms in total. The van der Waals surface area contributed by atoms with E-state index < -0.39 is 0 Å². The van der Waals surface area contributed by atoms with Gasteiger partial charge in [0.2, 0.25) is 11.5 Å². The van der Waals surface area contributed by atoms with Crippen molar-refractivity contribution in [2.24, 2.45) is 0 Å². The van der Waals surface area contributed by atoms with Crippen molar-refractivity contribution in [3.05, 3.63) is 94.1 Å². The van der Waals surface area contributed by atoms with Crippen LogP contribution >= 0.6 is 0 Å². The van der Waals surface area contributed by atoms with Gasteiger partial charge in [0.1, 0.15) is 12.1 Å². The molecule has 2 aliphatic rings. The molecule has 2 unspecified atom stereocenters. The van der Waals surface area contributed by atoms with Gasteiger partial charge in [-0.2, -0.15) is 0 Å². The molecule has 0 radical (unpaired) electrons. The quantitative estimate of drug-likeness (QED) is 0.0231. The van der Waals surface area contributed by atoms with Crippen molar-refractivity contribution in [2.75, 3.05) is 125 Å². The Morgan fingerprint density at radius 2 is 0.784 bits per heavy atom. The second-order valence-corrected chi connectivity index (χ2v) is 19.4. The van der Waals surface area contributed by atoms with Crippen LogP contribution in [0.5, 0.6) is 57.5 Å². The minimum Gasteiger partial charge on any atom is -0.493 e. The van der Waals surface area contributed by atoms with Gasteiger partial charge in [-0.05, 0) is 83.6 Å². The lowest BCUT2D eigenvalue weighted by molar-refractivity contribution is -0.941. The number of ether oxygens (including phenoxy) is 12. The lowest BCUT2D eigenvalue weighted by atomic mass is 9.86. The molecule has 6 rings (SSSR count). The highest BCUT2D eigenvalue weighted by atomic mass is 16.6. The summed E-state index contributed by atoms with van der Waals surface area (Å²) in [7, 11) is 20.9.